The van der Waals surface area contributed by atoms with Crippen molar-refractivity contribution in [3.63, 3.8) is 0 Å². The van der Waals surface area contributed by atoms with E-state index < -0.39 is 0 Å². The van der Waals surface area contributed by atoms with Crippen LogP contribution in [-0.4, -0.2) is 9.52 Å². The van der Waals surface area contributed by atoms with Crippen LogP contribution in [0.2, 0.25) is 12.1 Å². The molecule has 1 aliphatic heterocycles. The second kappa shape index (κ2) is 2.12. The largest absolute Gasteiger partial charge is 0.0627 e. The maximum absolute atomic E-state index is 1.70. The monoisotopic (exact) mass is 140 g/mol. The Kier molecular flexibility index (Phi) is 1.40. The van der Waals surface area contributed by atoms with Gasteiger partial charge in [-0.2, -0.15) is 0 Å². The van der Waals surface area contributed by atoms with Crippen LogP contribution in [0, 0.1) is 5.41 Å². The Bertz CT molecular complexity index is 97.1. The van der Waals surface area contributed by atoms with Crippen LogP contribution >= 0.6 is 0 Å². The maximum Gasteiger partial charge on any atom is 0.0203 e. The summed E-state index contributed by atoms with van der Waals surface area (Å²) in [5, 5.41) is 0. The molecule has 1 heteroatoms. The molecule has 0 N–H and O–H groups in total. The Labute approximate surface area is 59.9 Å². The Hall–Kier alpha value is 0.217. The fourth-order valence-corrected chi connectivity index (χ4v) is 4.83. The van der Waals surface area contributed by atoms with E-state index in [2.05, 4.69) is 0 Å². The molecule has 0 bridgehead atoms. The lowest BCUT2D eigenvalue weighted by Crippen LogP contribution is -2.32. The topological polar surface area (TPSA) is 0 Å². The predicted octanol–water partition coefficient (Wildman–Crippen LogP) is 1.96. The van der Waals surface area contributed by atoms with Crippen molar-refractivity contribution in [2.24, 2.45) is 5.41 Å². The minimum atomic E-state index is 0.445. The van der Waals surface area contributed by atoms with Crippen LogP contribution in [0.4, 0.5) is 0 Å². The van der Waals surface area contributed by atoms with Gasteiger partial charge in [0.05, 0.1) is 0 Å². The van der Waals surface area contributed by atoms with Crippen molar-refractivity contribution in [2.75, 3.05) is 0 Å². The third-order valence-corrected chi connectivity index (χ3v) is 5.74. The molecular formula is C8H16Si. The first-order valence-electron chi connectivity index (χ1n) is 4.41. The van der Waals surface area contributed by atoms with E-state index in [1.54, 1.807) is 44.2 Å². The molecule has 0 aromatic rings. The highest BCUT2D eigenvalue weighted by molar-refractivity contribution is 6.36. The van der Waals surface area contributed by atoms with Gasteiger partial charge in [0.2, 0.25) is 0 Å². The molecule has 0 atom stereocenters. The van der Waals surface area contributed by atoms with Gasteiger partial charge in [-0.1, -0.05) is 24.9 Å². The highest BCUT2D eigenvalue weighted by Crippen LogP contribution is 2.50. The van der Waals surface area contributed by atoms with Crippen molar-refractivity contribution in [2.45, 2.75) is 44.2 Å². The molecule has 9 heavy (non-hydrogen) atoms. The normalized spacial score (nSPS) is 34.7. The molecule has 0 radical (unpaired) electrons. The van der Waals surface area contributed by atoms with Gasteiger partial charge in [0.1, 0.15) is 0 Å². The van der Waals surface area contributed by atoms with Crippen LogP contribution in [0.3, 0.4) is 0 Å². The second-order valence-corrected chi connectivity index (χ2v) is 5.83. The van der Waals surface area contributed by atoms with Crippen LogP contribution in [-0.2, 0) is 0 Å². The molecule has 0 nitrogen and oxygen atoms in total. The van der Waals surface area contributed by atoms with E-state index in [1.165, 1.54) is 0 Å². The van der Waals surface area contributed by atoms with Gasteiger partial charge in [0.15, 0.2) is 0 Å². The molecule has 2 fully saturated rings. The summed E-state index contributed by atoms with van der Waals surface area (Å²) in [5.74, 6) is 0. The zero-order chi connectivity index (χ0) is 6.16. The average Bonchev–Trinajstić information content (AvgIpc) is 1.87. The van der Waals surface area contributed by atoms with Gasteiger partial charge in [-0.15, -0.1) is 0 Å². The molecule has 1 aliphatic carbocycles. The molecule has 1 heterocycles. The standard InChI is InChI=1S/C8H16Si/c1-3-8(4-1)5-2-6-9-7-8/h1-7,9H2. The highest BCUT2D eigenvalue weighted by atomic mass is 28.2. The molecule has 0 aromatic heterocycles. The fourth-order valence-electron chi connectivity index (χ4n) is 2.48. The van der Waals surface area contributed by atoms with E-state index in [1.807, 2.05) is 0 Å². The predicted molar refractivity (Wildman–Crippen MR) is 43.7 cm³/mol. The van der Waals surface area contributed by atoms with Crippen molar-refractivity contribution in [3.05, 3.63) is 0 Å². The summed E-state index contributed by atoms with van der Waals surface area (Å²) in [6, 6.07) is 3.36. The third-order valence-electron chi connectivity index (χ3n) is 3.33. The van der Waals surface area contributed by atoms with E-state index in [-0.39, 0.29) is 0 Å². The van der Waals surface area contributed by atoms with Gasteiger partial charge < -0.3 is 0 Å². The Morgan fingerprint density at radius 3 is 2.11 bits per heavy atom. The lowest BCUT2D eigenvalue weighted by atomic mass is 9.67. The lowest BCUT2D eigenvalue weighted by molar-refractivity contribution is 0.138. The zero-order valence-corrected chi connectivity index (χ0v) is 7.57. The molecule has 0 aromatic carbocycles. The smallest absolute Gasteiger partial charge is 0.0203 e. The first-order valence-corrected chi connectivity index (χ1v) is 6.41. The van der Waals surface area contributed by atoms with E-state index in [4.69, 9.17) is 0 Å². The zero-order valence-electron chi connectivity index (χ0n) is 6.16. The molecule has 1 saturated heterocycles. The van der Waals surface area contributed by atoms with E-state index >= 15 is 0 Å². The quantitative estimate of drug-likeness (QED) is 0.451. The minimum Gasteiger partial charge on any atom is -0.0627 e. The molecule has 2 rings (SSSR count). The molecular weight excluding hydrogens is 124 g/mol. The van der Waals surface area contributed by atoms with Crippen molar-refractivity contribution in [1.82, 2.24) is 0 Å². The number of hydrogen-bond acceptors (Lipinski definition) is 0. The summed E-state index contributed by atoms with van der Waals surface area (Å²) in [6.45, 7) is 0. The van der Waals surface area contributed by atoms with E-state index in [0.717, 1.165) is 5.41 Å². The lowest BCUT2D eigenvalue weighted by Gasteiger charge is -2.44. The van der Waals surface area contributed by atoms with Gasteiger partial charge in [-0.05, 0) is 24.7 Å². The summed E-state index contributed by atoms with van der Waals surface area (Å²) >= 11 is 0. The van der Waals surface area contributed by atoms with Crippen molar-refractivity contribution in [1.29, 1.82) is 0 Å². The van der Waals surface area contributed by atoms with Crippen LogP contribution in [0.5, 0.6) is 0 Å². The second-order valence-electron chi connectivity index (χ2n) is 3.91. The van der Waals surface area contributed by atoms with Gasteiger partial charge in [0.25, 0.3) is 0 Å². The van der Waals surface area contributed by atoms with Crippen molar-refractivity contribution in [3.8, 4) is 0 Å². The van der Waals surface area contributed by atoms with Gasteiger partial charge >= 0.3 is 0 Å². The maximum atomic E-state index is 1.70. The van der Waals surface area contributed by atoms with Gasteiger partial charge in [-0.25, -0.2) is 0 Å². The highest BCUT2D eigenvalue weighted by Gasteiger charge is 2.37. The Morgan fingerprint density at radius 2 is 1.78 bits per heavy atom. The molecule has 1 saturated carbocycles. The van der Waals surface area contributed by atoms with Crippen molar-refractivity contribution < 1.29 is 0 Å². The summed E-state index contributed by atoms with van der Waals surface area (Å²) in [5.41, 5.74) is 0.963. The van der Waals surface area contributed by atoms with E-state index in [9.17, 15) is 0 Å². The minimum absolute atomic E-state index is 0.445. The molecule has 0 amide bonds. The number of hydrogen-bond donors (Lipinski definition) is 0. The average molecular weight is 140 g/mol. The van der Waals surface area contributed by atoms with Crippen LogP contribution < -0.4 is 0 Å². The fraction of sp³-hybridized carbons (Fsp3) is 1.00. The summed E-state index contributed by atoms with van der Waals surface area (Å²) in [4.78, 5) is 0. The molecule has 52 valence electrons. The summed E-state index contributed by atoms with van der Waals surface area (Å²) in [7, 11) is 0.445. The first kappa shape index (κ1) is 5.96. The van der Waals surface area contributed by atoms with Crippen LogP contribution in [0.25, 0.3) is 0 Å². The van der Waals surface area contributed by atoms with Gasteiger partial charge in [-0.3, -0.25) is 0 Å². The van der Waals surface area contributed by atoms with Crippen LogP contribution in [0.1, 0.15) is 32.1 Å². The Morgan fingerprint density at radius 1 is 1.00 bits per heavy atom. The molecule has 2 aliphatic rings. The number of rotatable bonds is 0. The van der Waals surface area contributed by atoms with Crippen molar-refractivity contribution >= 4 is 9.52 Å². The molecule has 1 spiro atoms. The Balaban J connectivity index is 1.93. The van der Waals surface area contributed by atoms with Crippen LogP contribution in [0.15, 0.2) is 0 Å². The molecule has 0 unspecified atom stereocenters. The van der Waals surface area contributed by atoms with E-state index in [0.29, 0.717) is 9.52 Å². The SMILES string of the molecule is C1C[SiH2]CC2(C1)CCC2. The summed E-state index contributed by atoms with van der Waals surface area (Å²) < 4.78 is 0. The van der Waals surface area contributed by atoms with Gasteiger partial charge in [0, 0.05) is 9.52 Å². The first-order chi connectivity index (χ1) is 4.41. The third kappa shape index (κ3) is 0.957. The summed E-state index contributed by atoms with van der Waals surface area (Å²) in [6.07, 6.45) is 7.93.